The summed E-state index contributed by atoms with van der Waals surface area (Å²) in [5.74, 6) is 0. The quantitative estimate of drug-likeness (QED) is 0.733. The van der Waals surface area contributed by atoms with Crippen molar-refractivity contribution in [2.45, 2.75) is 19.4 Å². The highest BCUT2D eigenvalue weighted by Crippen LogP contribution is 2.24. The minimum atomic E-state index is -0.0577. The van der Waals surface area contributed by atoms with Crippen LogP contribution >= 0.6 is 0 Å². The van der Waals surface area contributed by atoms with Gasteiger partial charge in [0.1, 0.15) is 0 Å². The fourth-order valence-corrected chi connectivity index (χ4v) is 1.79. The molecule has 0 aliphatic carbocycles. The molecule has 15 heavy (non-hydrogen) atoms. The monoisotopic (exact) mass is 203 g/mol. The molecule has 0 unspecified atom stereocenters. The Kier molecular flexibility index (Phi) is 2.20. The van der Waals surface area contributed by atoms with Crippen molar-refractivity contribution in [3.05, 3.63) is 30.5 Å². The van der Waals surface area contributed by atoms with Crippen LogP contribution in [0.4, 0.5) is 5.69 Å². The van der Waals surface area contributed by atoms with Gasteiger partial charge in [-0.1, -0.05) is 0 Å². The first-order valence-electron chi connectivity index (χ1n) is 5.12. The molecule has 0 radical (unpaired) electrons. The lowest BCUT2D eigenvalue weighted by Gasteiger charge is -2.26. The van der Waals surface area contributed by atoms with E-state index in [-0.39, 0.29) is 5.54 Å². The molecule has 4 N–H and O–H groups in total. The molecule has 2 rings (SSSR count). The maximum atomic E-state index is 5.77. The highest BCUT2D eigenvalue weighted by Gasteiger charge is 2.19. The maximum absolute atomic E-state index is 5.77. The van der Waals surface area contributed by atoms with Crippen LogP contribution in [0.2, 0.25) is 0 Å². The predicted octanol–water partition coefficient (Wildman–Crippen LogP) is 1.92. The Morgan fingerprint density at radius 2 is 2.00 bits per heavy atom. The van der Waals surface area contributed by atoms with Crippen LogP contribution in [-0.4, -0.2) is 11.1 Å². The van der Waals surface area contributed by atoms with Crippen LogP contribution in [0.25, 0.3) is 10.9 Å². The number of aromatic nitrogens is 1. The maximum Gasteiger partial charge on any atom is 0.0511 e. The molecule has 0 fully saturated rings. The first-order valence-corrected chi connectivity index (χ1v) is 5.12. The average molecular weight is 203 g/mol. The number of nitrogens with two attached hydrogens (primary N) is 2. The standard InChI is InChI=1S/C12H17N3/c1-12(2,8-13)15-6-5-9-7-10(14)3-4-11(9)15/h3-7H,8,13-14H2,1-2H3. The first-order chi connectivity index (χ1) is 7.04. The number of nitrogens with zero attached hydrogens (tertiary/aromatic N) is 1. The number of nitrogen functional groups attached to an aromatic ring is 1. The van der Waals surface area contributed by atoms with Crippen LogP contribution in [0.15, 0.2) is 30.5 Å². The Bertz CT molecular complexity index is 483. The van der Waals surface area contributed by atoms with Gasteiger partial charge >= 0.3 is 0 Å². The van der Waals surface area contributed by atoms with Crippen molar-refractivity contribution in [2.75, 3.05) is 12.3 Å². The Balaban J connectivity index is 2.64. The molecule has 0 aliphatic heterocycles. The minimum Gasteiger partial charge on any atom is -0.399 e. The second-order valence-electron chi connectivity index (χ2n) is 4.52. The van der Waals surface area contributed by atoms with Gasteiger partial charge in [0, 0.05) is 29.3 Å². The molecule has 0 saturated heterocycles. The Hall–Kier alpha value is -1.48. The SMILES string of the molecule is CC(C)(CN)n1ccc2cc(N)ccc21. The van der Waals surface area contributed by atoms with Gasteiger partial charge in [-0.3, -0.25) is 0 Å². The summed E-state index contributed by atoms with van der Waals surface area (Å²) in [5.41, 5.74) is 13.4. The van der Waals surface area contributed by atoms with E-state index < -0.39 is 0 Å². The fraction of sp³-hybridized carbons (Fsp3) is 0.333. The van der Waals surface area contributed by atoms with E-state index in [1.807, 2.05) is 18.2 Å². The summed E-state index contributed by atoms with van der Waals surface area (Å²) in [7, 11) is 0. The first kappa shape index (κ1) is 10.1. The van der Waals surface area contributed by atoms with E-state index in [1.54, 1.807) is 0 Å². The predicted molar refractivity (Wildman–Crippen MR) is 64.7 cm³/mol. The van der Waals surface area contributed by atoms with E-state index in [9.17, 15) is 0 Å². The van der Waals surface area contributed by atoms with E-state index in [4.69, 9.17) is 11.5 Å². The third-order valence-electron chi connectivity index (χ3n) is 2.87. The van der Waals surface area contributed by atoms with E-state index >= 15 is 0 Å². The van der Waals surface area contributed by atoms with Crippen molar-refractivity contribution in [2.24, 2.45) is 5.73 Å². The van der Waals surface area contributed by atoms with Crippen molar-refractivity contribution in [1.82, 2.24) is 4.57 Å². The number of hydrogen-bond acceptors (Lipinski definition) is 2. The largest absolute Gasteiger partial charge is 0.399 e. The molecule has 0 aliphatic rings. The van der Waals surface area contributed by atoms with Crippen LogP contribution in [0.3, 0.4) is 0 Å². The van der Waals surface area contributed by atoms with Crippen molar-refractivity contribution in [1.29, 1.82) is 0 Å². The number of rotatable bonds is 2. The van der Waals surface area contributed by atoms with E-state index in [1.165, 1.54) is 5.52 Å². The van der Waals surface area contributed by atoms with Gasteiger partial charge in [-0.15, -0.1) is 0 Å². The lowest BCUT2D eigenvalue weighted by molar-refractivity contribution is 0.379. The molecule has 1 aromatic heterocycles. The van der Waals surface area contributed by atoms with Gasteiger partial charge in [0.05, 0.1) is 5.54 Å². The number of anilines is 1. The summed E-state index contributed by atoms with van der Waals surface area (Å²) in [6, 6.07) is 8.02. The highest BCUT2D eigenvalue weighted by atomic mass is 15.1. The summed E-state index contributed by atoms with van der Waals surface area (Å²) in [4.78, 5) is 0. The Labute approximate surface area is 89.7 Å². The zero-order valence-corrected chi connectivity index (χ0v) is 9.20. The van der Waals surface area contributed by atoms with E-state index in [0.717, 1.165) is 11.1 Å². The molecule has 1 heterocycles. The second kappa shape index (κ2) is 3.28. The average Bonchev–Trinajstić information content (AvgIpc) is 2.61. The van der Waals surface area contributed by atoms with Gasteiger partial charge in [-0.05, 0) is 38.1 Å². The molecule has 3 nitrogen and oxygen atoms in total. The minimum absolute atomic E-state index is 0.0577. The van der Waals surface area contributed by atoms with Crippen molar-refractivity contribution in [3.8, 4) is 0 Å². The molecule has 1 aromatic carbocycles. The van der Waals surface area contributed by atoms with Gasteiger partial charge < -0.3 is 16.0 Å². The summed E-state index contributed by atoms with van der Waals surface area (Å²) in [6.45, 7) is 4.87. The molecular formula is C12H17N3. The molecule has 0 amide bonds. The van der Waals surface area contributed by atoms with Crippen molar-refractivity contribution >= 4 is 16.6 Å². The lowest BCUT2D eigenvalue weighted by atomic mass is 10.1. The smallest absolute Gasteiger partial charge is 0.0511 e. The molecule has 2 aromatic rings. The van der Waals surface area contributed by atoms with Crippen molar-refractivity contribution < 1.29 is 0 Å². The highest BCUT2D eigenvalue weighted by molar-refractivity contribution is 5.83. The summed E-state index contributed by atoms with van der Waals surface area (Å²) >= 11 is 0. The Morgan fingerprint density at radius 3 is 2.67 bits per heavy atom. The third-order valence-corrected chi connectivity index (χ3v) is 2.87. The van der Waals surface area contributed by atoms with Gasteiger partial charge in [0.15, 0.2) is 0 Å². The summed E-state index contributed by atoms with van der Waals surface area (Å²) in [5, 5.41) is 1.16. The zero-order chi connectivity index (χ0) is 11.1. The number of hydrogen-bond donors (Lipinski definition) is 2. The van der Waals surface area contributed by atoms with Gasteiger partial charge in [-0.2, -0.15) is 0 Å². The van der Waals surface area contributed by atoms with Crippen LogP contribution in [0.1, 0.15) is 13.8 Å². The Morgan fingerprint density at radius 1 is 1.27 bits per heavy atom. The topological polar surface area (TPSA) is 57.0 Å². The normalized spacial score (nSPS) is 12.2. The van der Waals surface area contributed by atoms with E-state index in [0.29, 0.717) is 6.54 Å². The zero-order valence-electron chi connectivity index (χ0n) is 9.20. The fourth-order valence-electron chi connectivity index (χ4n) is 1.79. The van der Waals surface area contributed by atoms with Crippen LogP contribution in [0.5, 0.6) is 0 Å². The van der Waals surface area contributed by atoms with Gasteiger partial charge in [0.25, 0.3) is 0 Å². The molecular weight excluding hydrogens is 186 g/mol. The van der Waals surface area contributed by atoms with Gasteiger partial charge in [0.2, 0.25) is 0 Å². The number of fused-ring (bicyclic) bond motifs is 1. The van der Waals surface area contributed by atoms with Crippen molar-refractivity contribution in [3.63, 3.8) is 0 Å². The molecule has 0 bridgehead atoms. The lowest BCUT2D eigenvalue weighted by Crippen LogP contribution is -2.34. The summed E-state index contributed by atoms with van der Waals surface area (Å²) < 4.78 is 2.20. The van der Waals surface area contributed by atoms with E-state index in [2.05, 4.69) is 30.7 Å². The molecule has 0 spiro atoms. The molecule has 80 valence electrons. The van der Waals surface area contributed by atoms with Crippen LogP contribution in [-0.2, 0) is 5.54 Å². The molecule has 0 atom stereocenters. The molecule has 0 saturated carbocycles. The summed E-state index contributed by atoms with van der Waals surface area (Å²) in [6.07, 6.45) is 2.07. The van der Waals surface area contributed by atoms with Crippen LogP contribution in [0, 0.1) is 0 Å². The molecule has 3 heteroatoms. The second-order valence-corrected chi connectivity index (χ2v) is 4.52. The van der Waals surface area contributed by atoms with Gasteiger partial charge in [-0.25, -0.2) is 0 Å². The third kappa shape index (κ3) is 1.59. The number of benzene rings is 1. The van der Waals surface area contributed by atoms with Crippen LogP contribution < -0.4 is 11.5 Å².